The van der Waals surface area contributed by atoms with E-state index in [4.69, 9.17) is 4.74 Å². The fourth-order valence-corrected chi connectivity index (χ4v) is 4.12. The van der Waals surface area contributed by atoms with E-state index in [-0.39, 0.29) is 17.9 Å². The Hall–Kier alpha value is -2.33. The summed E-state index contributed by atoms with van der Waals surface area (Å²) in [6.45, 7) is 5.88. The van der Waals surface area contributed by atoms with Crippen LogP contribution in [-0.2, 0) is 17.8 Å². The van der Waals surface area contributed by atoms with Crippen LogP contribution in [0.15, 0.2) is 54.6 Å². The largest absolute Gasteiger partial charge is 0.496 e. The lowest BCUT2D eigenvalue weighted by atomic mass is 9.91. The Balaban J connectivity index is 1.81. The maximum Gasteiger partial charge on any atom is 0.226 e. The number of hydrogen-bond acceptors (Lipinski definition) is 3. The van der Waals surface area contributed by atoms with Crippen molar-refractivity contribution in [2.24, 2.45) is 5.92 Å². The van der Waals surface area contributed by atoms with E-state index in [1.807, 2.05) is 36.4 Å². The van der Waals surface area contributed by atoms with Crippen LogP contribution in [0.3, 0.4) is 0 Å². The lowest BCUT2D eigenvalue weighted by Crippen LogP contribution is -2.47. The van der Waals surface area contributed by atoms with Gasteiger partial charge in [0.25, 0.3) is 0 Å². The Morgan fingerprint density at radius 2 is 1.89 bits per heavy atom. The van der Waals surface area contributed by atoms with E-state index in [0.717, 1.165) is 37.1 Å². The summed E-state index contributed by atoms with van der Waals surface area (Å²) in [5.41, 5.74) is 2.31. The fraction of sp³-hybridized carbons (Fsp3) is 0.458. The SMILES string of the molecule is COc1ccccc1CC(C)N(Cc1ccccc1)C(=O)[C@H]1CCN[C@@H](C)C1. The third-order valence-electron chi connectivity index (χ3n) is 5.69. The van der Waals surface area contributed by atoms with Gasteiger partial charge >= 0.3 is 0 Å². The maximum absolute atomic E-state index is 13.5. The van der Waals surface area contributed by atoms with E-state index in [9.17, 15) is 4.79 Å². The highest BCUT2D eigenvalue weighted by Gasteiger charge is 2.31. The summed E-state index contributed by atoms with van der Waals surface area (Å²) in [6, 6.07) is 18.9. The third-order valence-corrected chi connectivity index (χ3v) is 5.69. The summed E-state index contributed by atoms with van der Waals surface area (Å²) >= 11 is 0. The van der Waals surface area contributed by atoms with Gasteiger partial charge in [-0.05, 0) is 56.8 Å². The van der Waals surface area contributed by atoms with E-state index in [2.05, 4.69) is 42.3 Å². The van der Waals surface area contributed by atoms with Crippen LogP contribution in [0.1, 0.15) is 37.8 Å². The maximum atomic E-state index is 13.5. The minimum atomic E-state index is 0.0918. The molecule has 4 heteroatoms. The zero-order valence-corrected chi connectivity index (χ0v) is 17.2. The van der Waals surface area contributed by atoms with Gasteiger partial charge in [0.15, 0.2) is 0 Å². The molecule has 0 aliphatic carbocycles. The molecule has 3 atom stereocenters. The van der Waals surface area contributed by atoms with Gasteiger partial charge in [-0.2, -0.15) is 0 Å². The van der Waals surface area contributed by atoms with Crippen LogP contribution < -0.4 is 10.1 Å². The Bertz CT molecular complexity index is 762. The van der Waals surface area contributed by atoms with E-state index < -0.39 is 0 Å². The summed E-state index contributed by atoms with van der Waals surface area (Å²) in [6.07, 6.45) is 2.60. The number of nitrogens with one attached hydrogen (secondary N) is 1. The van der Waals surface area contributed by atoms with Gasteiger partial charge in [0.1, 0.15) is 5.75 Å². The van der Waals surface area contributed by atoms with Crippen LogP contribution in [0.5, 0.6) is 5.75 Å². The number of benzene rings is 2. The van der Waals surface area contributed by atoms with Crippen molar-refractivity contribution in [2.75, 3.05) is 13.7 Å². The van der Waals surface area contributed by atoms with Crippen LogP contribution >= 0.6 is 0 Å². The van der Waals surface area contributed by atoms with E-state index >= 15 is 0 Å². The Morgan fingerprint density at radius 1 is 1.18 bits per heavy atom. The Kier molecular flexibility index (Phi) is 7.10. The fourth-order valence-electron chi connectivity index (χ4n) is 4.12. The second-order valence-electron chi connectivity index (χ2n) is 7.89. The molecule has 0 saturated carbocycles. The number of piperidine rings is 1. The highest BCUT2D eigenvalue weighted by Crippen LogP contribution is 2.25. The predicted octanol–water partition coefficient (Wildman–Crippen LogP) is 4.04. The first-order valence-electron chi connectivity index (χ1n) is 10.3. The summed E-state index contributed by atoms with van der Waals surface area (Å²) < 4.78 is 5.52. The van der Waals surface area contributed by atoms with Crippen molar-refractivity contribution in [2.45, 2.75) is 51.7 Å². The Labute approximate surface area is 168 Å². The number of carbonyl (C=O) groups is 1. The van der Waals surface area contributed by atoms with Crippen molar-refractivity contribution < 1.29 is 9.53 Å². The average Bonchev–Trinajstić information content (AvgIpc) is 2.72. The standard InChI is InChI=1S/C24H32N2O2/c1-18-15-22(13-14-25-18)24(27)26(17-20-9-5-4-6-10-20)19(2)16-21-11-7-8-12-23(21)28-3/h4-12,18-19,22,25H,13-17H2,1-3H3/t18-,19?,22-/m0/s1. The molecule has 0 bridgehead atoms. The number of rotatable bonds is 7. The highest BCUT2D eigenvalue weighted by atomic mass is 16.5. The quantitative estimate of drug-likeness (QED) is 0.788. The van der Waals surface area contributed by atoms with Gasteiger partial charge < -0.3 is 15.0 Å². The topological polar surface area (TPSA) is 41.6 Å². The number of nitrogens with zero attached hydrogens (tertiary/aromatic N) is 1. The molecule has 28 heavy (non-hydrogen) atoms. The average molecular weight is 381 g/mol. The number of amides is 1. The lowest BCUT2D eigenvalue weighted by molar-refractivity contribution is -0.139. The number of methoxy groups -OCH3 is 1. The zero-order chi connectivity index (χ0) is 19.9. The van der Waals surface area contributed by atoms with Crippen LogP contribution in [0.2, 0.25) is 0 Å². The van der Waals surface area contributed by atoms with Crippen molar-refractivity contribution in [1.29, 1.82) is 0 Å². The smallest absolute Gasteiger partial charge is 0.226 e. The monoisotopic (exact) mass is 380 g/mol. The minimum Gasteiger partial charge on any atom is -0.496 e. The molecule has 1 aliphatic heterocycles. The van der Waals surface area contributed by atoms with Crippen LogP contribution in [0.25, 0.3) is 0 Å². The molecule has 1 heterocycles. The summed E-state index contributed by atoms with van der Waals surface area (Å²) in [5, 5.41) is 3.45. The molecule has 1 unspecified atom stereocenters. The molecule has 1 aliphatic rings. The van der Waals surface area contributed by atoms with Crippen LogP contribution in [0, 0.1) is 5.92 Å². The molecule has 150 valence electrons. The number of carbonyl (C=O) groups excluding carboxylic acids is 1. The van der Waals surface area contributed by atoms with Crippen LogP contribution in [0.4, 0.5) is 0 Å². The molecule has 4 nitrogen and oxygen atoms in total. The zero-order valence-electron chi connectivity index (χ0n) is 17.2. The summed E-state index contributed by atoms with van der Waals surface area (Å²) in [5.74, 6) is 1.26. The first-order valence-corrected chi connectivity index (χ1v) is 10.3. The second-order valence-corrected chi connectivity index (χ2v) is 7.89. The van der Waals surface area contributed by atoms with Crippen molar-refractivity contribution in [3.8, 4) is 5.75 Å². The Morgan fingerprint density at radius 3 is 2.61 bits per heavy atom. The van der Waals surface area contributed by atoms with Gasteiger partial charge in [0.05, 0.1) is 7.11 Å². The molecular weight excluding hydrogens is 348 g/mol. The molecule has 0 spiro atoms. The number of ether oxygens (including phenoxy) is 1. The molecule has 2 aromatic carbocycles. The van der Waals surface area contributed by atoms with E-state index in [1.165, 1.54) is 5.56 Å². The summed E-state index contributed by atoms with van der Waals surface area (Å²) in [4.78, 5) is 15.6. The van der Waals surface area contributed by atoms with Gasteiger partial charge in [-0.3, -0.25) is 4.79 Å². The molecule has 0 radical (unpaired) electrons. The van der Waals surface area contributed by atoms with Crippen LogP contribution in [-0.4, -0.2) is 36.5 Å². The molecule has 3 rings (SSSR count). The van der Waals surface area contributed by atoms with Gasteiger partial charge in [-0.15, -0.1) is 0 Å². The lowest BCUT2D eigenvalue weighted by Gasteiger charge is -2.36. The molecule has 1 fully saturated rings. The molecule has 2 aromatic rings. The molecule has 1 saturated heterocycles. The van der Waals surface area contributed by atoms with Crippen molar-refractivity contribution >= 4 is 5.91 Å². The van der Waals surface area contributed by atoms with E-state index in [1.54, 1.807) is 7.11 Å². The predicted molar refractivity (Wildman–Crippen MR) is 113 cm³/mol. The first-order chi connectivity index (χ1) is 13.6. The molecule has 1 N–H and O–H groups in total. The molecule has 0 aromatic heterocycles. The minimum absolute atomic E-state index is 0.0918. The highest BCUT2D eigenvalue weighted by molar-refractivity contribution is 5.79. The number of hydrogen-bond donors (Lipinski definition) is 1. The molecular formula is C24H32N2O2. The molecule has 1 amide bonds. The van der Waals surface area contributed by atoms with Gasteiger partial charge in [0.2, 0.25) is 5.91 Å². The first kappa shape index (κ1) is 20.4. The number of para-hydroxylation sites is 1. The van der Waals surface area contributed by atoms with Gasteiger partial charge in [-0.1, -0.05) is 48.5 Å². The second kappa shape index (κ2) is 9.74. The van der Waals surface area contributed by atoms with Crippen molar-refractivity contribution in [1.82, 2.24) is 10.2 Å². The third kappa shape index (κ3) is 5.14. The normalized spacial score (nSPS) is 20.4. The van der Waals surface area contributed by atoms with E-state index in [0.29, 0.717) is 12.6 Å². The van der Waals surface area contributed by atoms with Gasteiger partial charge in [0, 0.05) is 24.5 Å². The van der Waals surface area contributed by atoms with Crippen molar-refractivity contribution in [3.05, 3.63) is 65.7 Å². The van der Waals surface area contributed by atoms with Crippen molar-refractivity contribution in [3.63, 3.8) is 0 Å². The van der Waals surface area contributed by atoms with Gasteiger partial charge in [-0.25, -0.2) is 0 Å². The summed E-state index contributed by atoms with van der Waals surface area (Å²) in [7, 11) is 1.70.